The number of rotatable bonds is 5. The van der Waals surface area contributed by atoms with Gasteiger partial charge in [-0.15, -0.1) is 0 Å². The lowest BCUT2D eigenvalue weighted by atomic mass is 9.86. The smallest absolute Gasteiger partial charge is 0.279 e. The number of sulfonamides is 1. The Balaban J connectivity index is 1.21. The second-order valence-electron chi connectivity index (χ2n) is 10.4. The third-order valence-corrected chi connectivity index (χ3v) is 11.1. The Bertz CT molecular complexity index is 1660. The highest BCUT2D eigenvalue weighted by molar-refractivity contribution is 7.92. The lowest BCUT2D eigenvalue weighted by Gasteiger charge is -2.37. The number of nitrogen functional groups attached to an aromatic ring is 2. The first-order valence-corrected chi connectivity index (χ1v) is 16.5. The normalized spacial score (nSPS) is 21.5. The van der Waals surface area contributed by atoms with Gasteiger partial charge in [0, 0.05) is 31.1 Å². The largest absolute Gasteiger partial charge is 0.382 e. The van der Waals surface area contributed by atoms with Crippen molar-refractivity contribution < 1.29 is 26.4 Å². The summed E-state index contributed by atoms with van der Waals surface area (Å²) in [4.78, 5) is 39.9. The average molecular weight is 625 g/mol. The molecular formula is C24H29ClN8O6S2. The van der Waals surface area contributed by atoms with Gasteiger partial charge in [-0.2, -0.15) is 0 Å². The number of amides is 2. The number of carbonyl (C=O) groups is 2. The van der Waals surface area contributed by atoms with E-state index in [1.165, 1.54) is 18.2 Å². The topological polar surface area (TPSA) is 220 Å². The summed E-state index contributed by atoms with van der Waals surface area (Å²) in [7, 11) is -7.27. The number of nitrogens with two attached hydrogens (primary N) is 2. The maximum absolute atomic E-state index is 13.3. The predicted molar refractivity (Wildman–Crippen MR) is 152 cm³/mol. The Kier molecular flexibility index (Phi) is 7.69. The van der Waals surface area contributed by atoms with Crippen molar-refractivity contribution in [2.24, 2.45) is 4.99 Å². The predicted octanol–water partition coefficient (Wildman–Crippen LogP) is 0.357. The molecular weight excluding hydrogens is 596 g/mol. The highest BCUT2D eigenvalue weighted by atomic mass is 35.5. The molecule has 17 heteroatoms. The molecule has 3 aliphatic heterocycles. The minimum atomic E-state index is -4.01. The quantitative estimate of drug-likeness (QED) is 0.357. The number of anilines is 2. The zero-order valence-electron chi connectivity index (χ0n) is 21.8. The van der Waals surface area contributed by atoms with Gasteiger partial charge in [0.25, 0.3) is 11.8 Å². The fourth-order valence-electron chi connectivity index (χ4n) is 5.28. The molecule has 220 valence electrons. The van der Waals surface area contributed by atoms with Crippen molar-refractivity contribution in [2.45, 2.75) is 48.6 Å². The van der Waals surface area contributed by atoms with Crippen LogP contribution in [-0.2, 0) is 19.9 Å². The van der Waals surface area contributed by atoms with Gasteiger partial charge in [0.15, 0.2) is 32.3 Å². The number of benzene rings is 1. The maximum Gasteiger partial charge on any atom is 0.279 e. The van der Waals surface area contributed by atoms with E-state index in [-0.39, 0.29) is 56.8 Å². The number of halogens is 1. The molecule has 1 spiro atoms. The summed E-state index contributed by atoms with van der Waals surface area (Å²) >= 11 is 5.87. The van der Waals surface area contributed by atoms with Crippen molar-refractivity contribution >= 4 is 60.7 Å². The van der Waals surface area contributed by atoms with E-state index in [0.717, 1.165) is 0 Å². The van der Waals surface area contributed by atoms with Crippen LogP contribution in [0.4, 0.5) is 11.6 Å². The van der Waals surface area contributed by atoms with Crippen molar-refractivity contribution in [3.63, 3.8) is 0 Å². The number of carbonyl (C=O) groups excluding carboxylic acids is 2. The Hall–Kier alpha value is -3.34. The van der Waals surface area contributed by atoms with Crippen LogP contribution in [0.3, 0.4) is 0 Å². The van der Waals surface area contributed by atoms with E-state index in [1.807, 2.05) is 0 Å². The monoisotopic (exact) mass is 624 g/mol. The highest BCUT2D eigenvalue weighted by Crippen LogP contribution is 2.36. The fraction of sp³-hybridized carbons (Fsp3) is 0.458. The molecule has 2 saturated heterocycles. The first kappa shape index (κ1) is 29.2. The van der Waals surface area contributed by atoms with Gasteiger partial charge >= 0.3 is 0 Å². The maximum atomic E-state index is 13.3. The Morgan fingerprint density at radius 2 is 1.83 bits per heavy atom. The Morgan fingerprint density at radius 3 is 2.51 bits per heavy atom. The van der Waals surface area contributed by atoms with Gasteiger partial charge in [0.1, 0.15) is 5.84 Å². The van der Waals surface area contributed by atoms with Gasteiger partial charge in [0.2, 0.25) is 10.0 Å². The molecule has 14 nitrogen and oxygen atoms in total. The lowest BCUT2D eigenvalue weighted by molar-refractivity contribution is 0.0672. The second kappa shape index (κ2) is 10.8. The van der Waals surface area contributed by atoms with Crippen LogP contribution < -0.4 is 21.5 Å². The van der Waals surface area contributed by atoms with Crippen LogP contribution in [0.2, 0.25) is 5.15 Å². The van der Waals surface area contributed by atoms with Crippen molar-refractivity contribution in [1.29, 1.82) is 0 Å². The molecule has 2 amide bonds. The number of aliphatic imine (C=N–C) groups is 1. The van der Waals surface area contributed by atoms with Crippen LogP contribution in [0.15, 0.2) is 34.2 Å². The Labute approximate surface area is 241 Å². The van der Waals surface area contributed by atoms with Crippen molar-refractivity contribution in [3.8, 4) is 0 Å². The van der Waals surface area contributed by atoms with E-state index in [0.29, 0.717) is 44.6 Å². The molecule has 1 aromatic heterocycles. The minimum Gasteiger partial charge on any atom is -0.382 e. The number of likely N-dealkylation sites (tertiary alicyclic amines) is 1. The zero-order valence-corrected chi connectivity index (χ0v) is 24.2. The van der Waals surface area contributed by atoms with Crippen LogP contribution in [0.5, 0.6) is 0 Å². The number of hydrogen-bond donors (Lipinski definition) is 4. The fourth-order valence-corrected chi connectivity index (χ4v) is 8.50. The van der Waals surface area contributed by atoms with E-state index in [4.69, 9.17) is 28.1 Å². The molecule has 2 fully saturated rings. The van der Waals surface area contributed by atoms with E-state index < -0.39 is 37.3 Å². The third kappa shape index (κ3) is 6.29. The molecule has 5 rings (SSSR count). The van der Waals surface area contributed by atoms with Gasteiger partial charge in [-0.25, -0.2) is 31.5 Å². The van der Waals surface area contributed by atoms with E-state index in [2.05, 4.69) is 20.0 Å². The van der Waals surface area contributed by atoms with Gasteiger partial charge in [-0.1, -0.05) is 17.7 Å². The summed E-state index contributed by atoms with van der Waals surface area (Å²) in [6.07, 6.45) is 2.53. The summed E-state index contributed by atoms with van der Waals surface area (Å²) in [5.74, 6) is -0.969. The molecule has 1 aromatic carbocycles. The number of nitrogens with one attached hydrogen (secondary N) is 2. The summed E-state index contributed by atoms with van der Waals surface area (Å²) in [5, 5.41) is 2.59. The van der Waals surface area contributed by atoms with Crippen molar-refractivity contribution in [3.05, 3.63) is 40.7 Å². The molecule has 0 bridgehead atoms. The molecule has 41 heavy (non-hydrogen) atoms. The van der Waals surface area contributed by atoms with Gasteiger partial charge < -0.3 is 21.7 Å². The number of hydrogen-bond acceptors (Lipinski definition) is 11. The standard InChI is InChI=1S/C24H29ClN8O6S2/c25-19-21(27)30-20(26)18(29-19)22(34)28-17-4-6-24(31-17)7-9-33(10-8-24)23(35)14-2-1-3-16(12-14)41(38,39)32-15-5-11-40(36,37)13-15/h1-3,12,15,32H,4-11,13H2,(H4,26,27,30)(H,28,31,34). The molecule has 4 heterocycles. The molecule has 0 aliphatic carbocycles. The van der Waals surface area contributed by atoms with Crippen molar-refractivity contribution in [1.82, 2.24) is 24.9 Å². The lowest BCUT2D eigenvalue weighted by Crippen LogP contribution is -2.45. The summed E-state index contributed by atoms with van der Waals surface area (Å²) in [5.41, 5.74) is 11.0. The highest BCUT2D eigenvalue weighted by Gasteiger charge is 2.40. The van der Waals surface area contributed by atoms with E-state index >= 15 is 0 Å². The second-order valence-corrected chi connectivity index (χ2v) is 14.7. The van der Waals surface area contributed by atoms with E-state index in [1.54, 1.807) is 11.0 Å². The van der Waals surface area contributed by atoms with Crippen LogP contribution >= 0.6 is 11.6 Å². The van der Waals surface area contributed by atoms with E-state index in [9.17, 15) is 26.4 Å². The zero-order chi connectivity index (χ0) is 29.6. The molecule has 0 saturated carbocycles. The van der Waals surface area contributed by atoms with Crippen LogP contribution in [0, 0.1) is 0 Å². The van der Waals surface area contributed by atoms with Crippen LogP contribution in [-0.4, -0.2) is 85.5 Å². The Morgan fingerprint density at radius 1 is 1.10 bits per heavy atom. The first-order valence-electron chi connectivity index (χ1n) is 12.9. The number of sulfone groups is 1. The number of aromatic nitrogens is 2. The van der Waals surface area contributed by atoms with Gasteiger partial charge in [0.05, 0.1) is 21.9 Å². The van der Waals surface area contributed by atoms with Crippen molar-refractivity contribution in [2.75, 3.05) is 36.1 Å². The van der Waals surface area contributed by atoms with Crippen LogP contribution in [0.1, 0.15) is 53.0 Å². The first-order chi connectivity index (χ1) is 19.3. The molecule has 1 atom stereocenters. The SMILES string of the molecule is Nc1nc(N)c(C(=O)NC2=NC3(CC2)CCN(C(=O)c2cccc(S(=O)(=O)NC4CCS(=O)(=O)C4)c2)CC3)nc1Cl. The molecule has 1 unspecified atom stereocenters. The molecule has 3 aliphatic rings. The summed E-state index contributed by atoms with van der Waals surface area (Å²) in [6, 6.07) is 5.01. The third-order valence-electron chi connectivity index (χ3n) is 7.50. The van der Waals surface area contributed by atoms with Crippen LogP contribution in [0.25, 0.3) is 0 Å². The minimum absolute atomic E-state index is 0.0617. The van der Waals surface area contributed by atoms with Gasteiger partial charge in [-0.05, 0) is 43.9 Å². The number of nitrogens with zero attached hydrogens (tertiary/aromatic N) is 4. The number of piperidine rings is 1. The molecule has 2 aromatic rings. The molecule has 0 radical (unpaired) electrons. The summed E-state index contributed by atoms with van der Waals surface area (Å²) in [6.45, 7) is 0.787. The van der Waals surface area contributed by atoms with Gasteiger partial charge in [-0.3, -0.25) is 14.6 Å². The summed E-state index contributed by atoms with van der Waals surface area (Å²) < 4.78 is 51.6. The average Bonchev–Trinajstić information content (AvgIpc) is 3.47. The molecule has 6 N–H and O–H groups in total. The number of amidine groups is 1.